The SMILES string of the molecule is CCCCCCC/C=C/C/C([C]=O)=C(/C/C=C/CCCCCCC)C(C/C=C/CCCCCCC)(C/C=C/CCCCCCC)CCCCCCCCCCCC. The van der Waals surface area contributed by atoms with E-state index >= 15 is 0 Å². The molecule has 0 saturated heterocycles. The standard InChI is InChI=1S/C56H101O/c1-6-11-16-21-26-31-32-37-42-47-52-56(50-45-40-35-29-24-19-14-9-4,51-46-41-36-30-25-20-15-10-5)55(49-44-39-34-28-23-18-13-8-3)54(53-57)48-43-38-33-27-22-17-12-7-2/h38-41,43-46H,6-37,42,47-52H2,1-5H3/b43-38+,44-39+,45-40+,46-41+,55-54+. The molecule has 0 N–H and O–H groups in total. The maximum atomic E-state index is 13.1. The van der Waals surface area contributed by atoms with Crippen LogP contribution in [0.2, 0.25) is 0 Å². The molecule has 0 unspecified atom stereocenters. The lowest BCUT2D eigenvalue weighted by Crippen LogP contribution is -2.25. The number of hydrogen-bond acceptors (Lipinski definition) is 1. The molecule has 0 fully saturated rings. The second-order valence-electron chi connectivity index (χ2n) is 17.8. The molecule has 331 valence electrons. The number of carbonyl (C=O) groups excluding carboxylic acids is 1. The molecule has 0 bridgehead atoms. The minimum Gasteiger partial charge on any atom is -0.285 e. The average molecular weight is 790 g/mol. The summed E-state index contributed by atoms with van der Waals surface area (Å²) in [5.74, 6) is 0. The highest BCUT2D eigenvalue weighted by Crippen LogP contribution is 2.45. The summed E-state index contributed by atoms with van der Waals surface area (Å²) in [6.45, 7) is 11.5. The van der Waals surface area contributed by atoms with E-state index in [1.165, 1.54) is 211 Å². The molecule has 0 aliphatic carbocycles. The van der Waals surface area contributed by atoms with Crippen molar-refractivity contribution in [2.75, 3.05) is 0 Å². The van der Waals surface area contributed by atoms with Crippen molar-refractivity contribution in [3.63, 3.8) is 0 Å². The molecule has 0 amide bonds. The van der Waals surface area contributed by atoms with Gasteiger partial charge in [0.2, 0.25) is 6.29 Å². The fraction of sp³-hybridized carbons (Fsp3) is 0.804. The van der Waals surface area contributed by atoms with Gasteiger partial charge in [0.05, 0.1) is 0 Å². The van der Waals surface area contributed by atoms with Gasteiger partial charge in [-0.05, 0) is 88.9 Å². The molecule has 1 radical (unpaired) electrons. The van der Waals surface area contributed by atoms with E-state index in [2.05, 4.69) is 89.5 Å². The monoisotopic (exact) mass is 790 g/mol. The molecule has 0 saturated carbocycles. The van der Waals surface area contributed by atoms with Crippen molar-refractivity contribution in [1.29, 1.82) is 0 Å². The van der Waals surface area contributed by atoms with Crippen molar-refractivity contribution in [1.82, 2.24) is 0 Å². The third-order valence-corrected chi connectivity index (χ3v) is 12.4. The first-order valence-electron chi connectivity index (χ1n) is 25.9. The largest absolute Gasteiger partial charge is 0.285 e. The van der Waals surface area contributed by atoms with Gasteiger partial charge in [-0.3, -0.25) is 4.79 Å². The minimum atomic E-state index is -0.0379. The van der Waals surface area contributed by atoms with Crippen LogP contribution < -0.4 is 0 Å². The topological polar surface area (TPSA) is 17.1 Å². The second-order valence-corrected chi connectivity index (χ2v) is 17.8. The zero-order valence-electron chi connectivity index (χ0n) is 39.6. The first-order valence-corrected chi connectivity index (χ1v) is 25.9. The van der Waals surface area contributed by atoms with Crippen molar-refractivity contribution >= 4 is 6.29 Å². The maximum Gasteiger partial charge on any atom is 0.229 e. The number of hydrogen-bond donors (Lipinski definition) is 0. The molecule has 0 aromatic rings. The molecule has 0 aliphatic rings. The Balaban J connectivity index is 6.51. The van der Waals surface area contributed by atoms with E-state index in [1.807, 2.05) is 0 Å². The van der Waals surface area contributed by atoms with Crippen LogP contribution in [0.5, 0.6) is 0 Å². The summed E-state index contributed by atoms with van der Waals surface area (Å²) in [6.07, 6.45) is 71.6. The van der Waals surface area contributed by atoms with Crippen molar-refractivity contribution in [2.45, 2.75) is 285 Å². The van der Waals surface area contributed by atoms with E-state index in [9.17, 15) is 4.79 Å². The van der Waals surface area contributed by atoms with Crippen LogP contribution in [-0.2, 0) is 4.79 Å². The predicted molar refractivity (Wildman–Crippen MR) is 260 cm³/mol. The van der Waals surface area contributed by atoms with E-state index in [0.29, 0.717) is 0 Å². The van der Waals surface area contributed by atoms with Crippen molar-refractivity contribution in [3.8, 4) is 0 Å². The molecule has 0 spiro atoms. The van der Waals surface area contributed by atoms with Crippen LogP contribution in [0.4, 0.5) is 0 Å². The fourth-order valence-electron chi connectivity index (χ4n) is 8.48. The number of allylic oxidation sites excluding steroid dienone is 10. The highest BCUT2D eigenvalue weighted by atomic mass is 16.1. The molecule has 0 aliphatic heterocycles. The van der Waals surface area contributed by atoms with Gasteiger partial charge in [-0.15, -0.1) is 0 Å². The summed E-state index contributed by atoms with van der Waals surface area (Å²) < 4.78 is 0. The van der Waals surface area contributed by atoms with Gasteiger partial charge >= 0.3 is 0 Å². The van der Waals surface area contributed by atoms with Crippen LogP contribution >= 0.6 is 0 Å². The van der Waals surface area contributed by atoms with Gasteiger partial charge in [0.15, 0.2) is 0 Å². The Kier molecular flexibility index (Phi) is 44.2. The zero-order valence-corrected chi connectivity index (χ0v) is 39.6. The Morgan fingerprint density at radius 2 is 0.649 bits per heavy atom. The molecule has 0 atom stereocenters. The summed E-state index contributed by atoms with van der Waals surface area (Å²) in [4.78, 5) is 13.1. The smallest absolute Gasteiger partial charge is 0.229 e. The molecule has 0 heterocycles. The van der Waals surface area contributed by atoms with Crippen LogP contribution in [0.25, 0.3) is 0 Å². The Morgan fingerprint density at radius 1 is 0.351 bits per heavy atom. The molecule has 0 aromatic carbocycles. The Labute approximate surface area is 360 Å². The molecule has 57 heavy (non-hydrogen) atoms. The van der Waals surface area contributed by atoms with E-state index in [4.69, 9.17) is 0 Å². The lowest BCUT2D eigenvalue weighted by molar-refractivity contribution is 0.309. The van der Waals surface area contributed by atoms with Gasteiger partial charge in [-0.25, -0.2) is 0 Å². The zero-order chi connectivity index (χ0) is 41.6. The normalized spacial score (nSPS) is 13.0. The van der Waals surface area contributed by atoms with Gasteiger partial charge in [-0.1, -0.05) is 256 Å². The van der Waals surface area contributed by atoms with E-state index in [1.54, 1.807) is 0 Å². The van der Waals surface area contributed by atoms with Gasteiger partial charge in [0.25, 0.3) is 0 Å². The molecule has 0 aromatic heterocycles. The Hall–Kier alpha value is -1.63. The van der Waals surface area contributed by atoms with Gasteiger partial charge in [-0.2, -0.15) is 0 Å². The summed E-state index contributed by atoms with van der Waals surface area (Å²) >= 11 is 0. The number of rotatable bonds is 45. The van der Waals surface area contributed by atoms with E-state index < -0.39 is 0 Å². The van der Waals surface area contributed by atoms with Gasteiger partial charge in [0, 0.05) is 5.57 Å². The van der Waals surface area contributed by atoms with Crippen LogP contribution in [0, 0.1) is 5.41 Å². The van der Waals surface area contributed by atoms with Crippen molar-refractivity contribution < 1.29 is 4.79 Å². The van der Waals surface area contributed by atoms with Gasteiger partial charge in [0.1, 0.15) is 0 Å². The lowest BCUT2D eigenvalue weighted by atomic mass is 9.67. The average Bonchev–Trinajstić information content (AvgIpc) is 3.22. The summed E-state index contributed by atoms with van der Waals surface area (Å²) in [5, 5.41) is 0. The van der Waals surface area contributed by atoms with E-state index in [0.717, 1.165) is 50.5 Å². The summed E-state index contributed by atoms with van der Waals surface area (Å²) in [6, 6.07) is 0. The highest BCUT2D eigenvalue weighted by Gasteiger charge is 2.33. The van der Waals surface area contributed by atoms with E-state index in [-0.39, 0.29) is 5.41 Å². The minimum absolute atomic E-state index is 0.0379. The molecule has 1 heteroatoms. The summed E-state index contributed by atoms with van der Waals surface area (Å²) in [5.41, 5.74) is 2.30. The predicted octanol–water partition coefficient (Wildman–Crippen LogP) is 19.9. The van der Waals surface area contributed by atoms with Crippen molar-refractivity contribution in [2.24, 2.45) is 5.41 Å². The second kappa shape index (κ2) is 45.5. The van der Waals surface area contributed by atoms with Gasteiger partial charge < -0.3 is 0 Å². The molecular weight excluding hydrogens is 689 g/mol. The third-order valence-electron chi connectivity index (χ3n) is 12.4. The summed E-state index contributed by atoms with van der Waals surface area (Å²) in [7, 11) is 0. The quantitative estimate of drug-likeness (QED) is 0.0341. The number of unbranched alkanes of at least 4 members (excludes halogenated alkanes) is 29. The Bertz CT molecular complexity index is 949. The van der Waals surface area contributed by atoms with Crippen LogP contribution in [0.1, 0.15) is 285 Å². The lowest BCUT2D eigenvalue weighted by Gasteiger charge is -2.36. The first kappa shape index (κ1) is 55.4. The van der Waals surface area contributed by atoms with Crippen LogP contribution in [-0.4, -0.2) is 6.29 Å². The third kappa shape index (κ3) is 34.9. The van der Waals surface area contributed by atoms with Crippen LogP contribution in [0.15, 0.2) is 59.8 Å². The van der Waals surface area contributed by atoms with Crippen LogP contribution in [0.3, 0.4) is 0 Å². The molecular formula is C56H101O. The first-order chi connectivity index (χ1) is 28.2. The molecule has 0 rings (SSSR count). The maximum absolute atomic E-state index is 13.1. The fourth-order valence-corrected chi connectivity index (χ4v) is 8.48. The van der Waals surface area contributed by atoms with Crippen molar-refractivity contribution in [3.05, 3.63) is 59.8 Å². The molecule has 1 nitrogen and oxygen atoms in total. The Morgan fingerprint density at radius 3 is 1.00 bits per heavy atom. The highest BCUT2D eigenvalue weighted by molar-refractivity contribution is 5.76.